The Hall–Kier alpha value is -1.85. The minimum atomic E-state index is -1.57. The molecule has 7 N–H and O–H groups in total. The first-order valence-electron chi connectivity index (χ1n) is 7.11. The summed E-state index contributed by atoms with van der Waals surface area (Å²) < 4.78 is 0. The van der Waals surface area contributed by atoms with Gasteiger partial charge in [-0.15, -0.1) is 0 Å². The van der Waals surface area contributed by atoms with Crippen molar-refractivity contribution >= 4 is 17.5 Å². The molecule has 0 aromatic heterocycles. The fraction of sp³-hybridized carbons (Fsp3) is 0.615. The van der Waals surface area contributed by atoms with E-state index in [0.717, 1.165) is 0 Å². The highest BCUT2D eigenvalue weighted by Crippen LogP contribution is 2.24. The van der Waals surface area contributed by atoms with E-state index in [-0.39, 0.29) is 31.8 Å². The second-order valence-corrected chi connectivity index (χ2v) is 5.42. The largest absolute Gasteiger partial charge is 0.394 e. The molecule has 0 aliphatic carbocycles. The molecule has 0 radical (unpaired) electrons. The van der Waals surface area contributed by atoms with Gasteiger partial charge in [0.05, 0.1) is 37.1 Å². The number of carbonyl (C=O) groups is 2. The maximum absolute atomic E-state index is 11.9. The van der Waals surface area contributed by atoms with Crippen LogP contribution in [0.2, 0.25) is 0 Å². The number of imide groups is 1. The fourth-order valence-electron chi connectivity index (χ4n) is 2.47. The molecule has 0 unspecified atom stereocenters. The number of hydrogen-bond donors (Lipinski definition) is 6. The lowest BCUT2D eigenvalue weighted by atomic mass is 10.0. The number of carbonyl (C=O) groups excluding carboxylic acids is 2. The molecule has 2 amide bonds. The van der Waals surface area contributed by atoms with Crippen LogP contribution in [0.4, 0.5) is 0 Å². The summed E-state index contributed by atoms with van der Waals surface area (Å²) in [5.74, 6) is -1.13. The van der Waals surface area contributed by atoms with Crippen LogP contribution >= 0.6 is 0 Å². The Kier molecular flexibility index (Phi) is 5.44. The number of amides is 2. The van der Waals surface area contributed by atoms with Crippen LogP contribution in [0, 0.1) is 0 Å². The highest BCUT2D eigenvalue weighted by molar-refractivity contribution is 6.10. The number of hydrogen-bond acceptors (Lipinski definition) is 9. The molecular weight excluding hydrogens is 308 g/mol. The quantitative estimate of drug-likeness (QED) is 0.268. The average molecular weight is 328 g/mol. The van der Waals surface area contributed by atoms with Crippen LogP contribution < -0.4 is 11.1 Å². The van der Waals surface area contributed by atoms with Gasteiger partial charge >= 0.3 is 0 Å². The van der Waals surface area contributed by atoms with Crippen molar-refractivity contribution in [3.63, 3.8) is 0 Å². The van der Waals surface area contributed by atoms with Gasteiger partial charge in [-0.25, -0.2) is 4.99 Å². The second-order valence-electron chi connectivity index (χ2n) is 5.42. The van der Waals surface area contributed by atoms with E-state index in [1.807, 2.05) is 0 Å². The van der Waals surface area contributed by atoms with E-state index in [1.165, 1.54) is 4.90 Å². The first-order valence-corrected chi connectivity index (χ1v) is 7.11. The lowest BCUT2D eigenvalue weighted by molar-refractivity contribution is -0.129. The lowest BCUT2D eigenvalue weighted by Gasteiger charge is -2.36. The zero-order valence-corrected chi connectivity index (χ0v) is 12.3. The summed E-state index contributed by atoms with van der Waals surface area (Å²) in [7, 11) is 0. The molecule has 0 spiro atoms. The molecule has 23 heavy (non-hydrogen) atoms. The van der Waals surface area contributed by atoms with Gasteiger partial charge in [-0.1, -0.05) is 0 Å². The third kappa shape index (κ3) is 3.74. The summed E-state index contributed by atoms with van der Waals surface area (Å²) >= 11 is 0. The maximum atomic E-state index is 11.9. The molecule has 2 rings (SSSR count). The highest BCUT2D eigenvalue weighted by Gasteiger charge is 2.34. The minimum Gasteiger partial charge on any atom is -0.394 e. The molecule has 0 fully saturated rings. The Morgan fingerprint density at radius 1 is 1.26 bits per heavy atom. The number of nitrogens with one attached hydrogen (secondary N) is 1. The van der Waals surface area contributed by atoms with Gasteiger partial charge < -0.3 is 31.1 Å². The van der Waals surface area contributed by atoms with Gasteiger partial charge in [0.2, 0.25) is 5.91 Å². The molecule has 2 heterocycles. The van der Waals surface area contributed by atoms with E-state index in [2.05, 4.69) is 10.3 Å². The zero-order chi connectivity index (χ0) is 17.1. The van der Waals surface area contributed by atoms with Crippen molar-refractivity contribution in [3.05, 3.63) is 11.4 Å². The molecule has 0 aromatic carbocycles. The third-order valence-corrected chi connectivity index (χ3v) is 3.71. The number of β-amino-alcohol motifs (C(OH)–C–C–N with tert-alkyl or cyclic N) is 1. The van der Waals surface area contributed by atoms with E-state index in [1.54, 1.807) is 0 Å². The zero-order valence-electron chi connectivity index (χ0n) is 12.3. The van der Waals surface area contributed by atoms with Crippen LogP contribution in [0.3, 0.4) is 0 Å². The van der Waals surface area contributed by atoms with Crippen LogP contribution in [-0.4, -0.2) is 87.4 Å². The molecule has 2 aliphatic rings. The molecule has 0 bridgehead atoms. The van der Waals surface area contributed by atoms with Gasteiger partial charge in [-0.3, -0.25) is 14.9 Å². The van der Waals surface area contributed by atoms with Gasteiger partial charge in [0.25, 0.3) is 5.91 Å². The van der Waals surface area contributed by atoms with Crippen molar-refractivity contribution in [1.82, 2.24) is 10.2 Å². The average Bonchev–Trinajstić information content (AvgIpc) is 2.53. The molecule has 128 valence electrons. The Morgan fingerprint density at radius 2 is 1.96 bits per heavy atom. The molecule has 10 heteroatoms. The summed E-state index contributed by atoms with van der Waals surface area (Å²) in [4.78, 5) is 29.1. The first kappa shape index (κ1) is 17.5. The van der Waals surface area contributed by atoms with Gasteiger partial charge in [-0.2, -0.15) is 0 Å². The van der Waals surface area contributed by atoms with Crippen molar-refractivity contribution in [2.24, 2.45) is 10.7 Å². The SMILES string of the molecule is NCC1=NC2=C(CC(=O)NC2=O)N(C[C@H](O)[C@H](O)[C@H](O)CO)C1. The summed E-state index contributed by atoms with van der Waals surface area (Å²) in [6, 6.07) is 0. The number of aliphatic hydroxyl groups excluding tert-OH is 4. The van der Waals surface area contributed by atoms with Gasteiger partial charge in [0.15, 0.2) is 0 Å². The van der Waals surface area contributed by atoms with Crippen molar-refractivity contribution in [3.8, 4) is 0 Å². The molecule has 3 atom stereocenters. The van der Waals surface area contributed by atoms with Crippen molar-refractivity contribution in [1.29, 1.82) is 0 Å². The first-order chi connectivity index (χ1) is 10.9. The van der Waals surface area contributed by atoms with Crippen LogP contribution in [-0.2, 0) is 9.59 Å². The molecule has 2 aliphatic heterocycles. The van der Waals surface area contributed by atoms with Crippen LogP contribution in [0.5, 0.6) is 0 Å². The summed E-state index contributed by atoms with van der Waals surface area (Å²) in [6.45, 7) is -0.583. The van der Waals surface area contributed by atoms with Crippen LogP contribution in [0.15, 0.2) is 16.4 Å². The van der Waals surface area contributed by atoms with Crippen molar-refractivity contribution in [2.75, 3.05) is 26.2 Å². The van der Waals surface area contributed by atoms with Gasteiger partial charge in [-0.05, 0) is 0 Å². The molecule has 0 saturated carbocycles. The van der Waals surface area contributed by atoms with Crippen LogP contribution in [0.1, 0.15) is 6.42 Å². The topological polar surface area (TPSA) is 169 Å². The van der Waals surface area contributed by atoms with E-state index in [4.69, 9.17) is 10.8 Å². The number of nitrogens with two attached hydrogens (primary N) is 1. The molecule has 0 saturated heterocycles. The normalized spacial score (nSPS) is 22.3. The van der Waals surface area contributed by atoms with Crippen molar-refractivity contribution in [2.45, 2.75) is 24.7 Å². The van der Waals surface area contributed by atoms with Crippen molar-refractivity contribution < 1.29 is 30.0 Å². The standard InChI is InChI=1S/C13H20N4O6/c14-2-6-3-17(4-8(19)12(22)9(20)5-18)7-1-10(21)16-13(23)11(7)15-6/h8-9,12,18-20,22H,1-5,14H2,(H,16,21,23)/t8-,9+,12-/m0/s1. The predicted molar refractivity (Wildman–Crippen MR) is 78.0 cm³/mol. The molecular formula is C13H20N4O6. The predicted octanol–water partition coefficient (Wildman–Crippen LogP) is -3.97. The molecule has 10 nitrogen and oxygen atoms in total. The number of nitrogens with zero attached hydrogens (tertiary/aromatic N) is 2. The number of aliphatic imine (C=N–C) groups is 1. The van der Waals surface area contributed by atoms with E-state index in [9.17, 15) is 24.9 Å². The fourth-order valence-corrected chi connectivity index (χ4v) is 2.47. The summed E-state index contributed by atoms with van der Waals surface area (Å²) in [5.41, 5.74) is 6.43. The number of rotatable bonds is 6. The third-order valence-electron chi connectivity index (χ3n) is 3.71. The Bertz CT molecular complexity index is 561. The van der Waals surface area contributed by atoms with E-state index in [0.29, 0.717) is 11.4 Å². The second kappa shape index (κ2) is 7.15. The van der Waals surface area contributed by atoms with Gasteiger partial charge in [0, 0.05) is 13.1 Å². The van der Waals surface area contributed by atoms with E-state index < -0.39 is 36.7 Å². The smallest absolute Gasteiger partial charge is 0.278 e. The Morgan fingerprint density at radius 3 is 2.57 bits per heavy atom. The highest BCUT2D eigenvalue weighted by atomic mass is 16.4. The summed E-state index contributed by atoms with van der Waals surface area (Å²) in [5, 5.41) is 40.1. The monoisotopic (exact) mass is 328 g/mol. The maximum Gasteiger partial charge on any atom is 0.278 e. The number of aliphatic hydroxyl groups is 4. The van der Waals surface area contributed by atoms with Crippen LogP contribution in [0.25, 0.3) is 0 Å². The Balaban J connectivity index is 2.22. The lowest BCUT2D eigenvalue weighted by Crippen LogP contribution is -2.50. The van der Waals surface area contributed by atoms with Gasteiger partial charge in [0.1, 0.15) is 17.9 Å². The van der Waals surface area contributed by atoms with E-state index >= 15 is 0 Å². The Labute approximate surface area is 131 Å². The molecule has 0 aromatic rings. The minimum absolute atomic E-state index is 0.0562. The summed E-state index contributed by atoms with van der Waals surface area (Å²) in [6.07, 6.45) is -4.56.